The van der Waals surface area contributed by atoms with Crippen molar-refractivity contribution in [2.24, 2.45) is 0 Å². The minimum absolute atomic E-state index is 0.508. The molecule has 0 aliphatic heterocycles. The molecule has 4 aromatic rings. The molecule has 0 radical (unpaired) electrons. The Morgan fingerprint density at radius 1 is 1.09 bits per heavy atom. The number of thioether (sulfide) groups is 1. The molecule has 0 amide bonds. The lowest BCUT2D eigenvalue weighted by molar-refractivity contribution is 0.354. The maximum atomic E-state index is 6.02. The van der Waals surface area contributed by atoms with Gasteiger partial charge in [0.2, 0.25) is 16.8 Å². The predicted octanol–water partition coefficient (Wildman–Crippen LogP) is 5.21. The number of anilines is 1. The summed E-state index contributed by atoms with van der Waals surface area (Å²) in [5.74, 6) is 2.98. The maximum Gasteiger partial charge on any atom is 0.237 e. The van der Waals surface area contributed by atoms with Gasteiger partial charge in [-0.3, -0.25) is 0 Å². The van der Waals surface area contributed by atoms with E-state index in [1.54, 1.807) is 26.4 Å². The molecule has 11 heteroatoms. The maximum absolute atomic E-state index is 6.02. The highest BCUT2D eigenvalue weighted by molar-refractivity contribution is 8.00. The second-order valence-electron chi connectivity index (χ2n) is 6.55. The van der Waals surface area contributed by atoms with E-state index in [1.807, 2.05) is 30.3 Å². The van der Waals surface area contributed by atoms with E-state index in [0.717, 1.165) is 45.1 Å². The van der Waals surface area contributed by atoms with Crippen LogP contribution in [0.3, 0.4) is 0 Å². The summed E-state index contributed by atoms with van der Waals surface area (Å²) in [5.41, 5.74) is 1.95. The van der Waals surface area contributed by atoms with E-state index in [2.05, 4.69) is 25.7 Å². The molecule has 8 nitrogen and oxygen atoms in total. The van der Waals surface area contributed by atoms with E-state index in [1.165, 1.54) is 23.1 Å². The van der Waals surface area contributed by atoms with Gasteiger partial charge in [0, 0.05) is 17.1 Å². The molecular formula is C21H20ClN5O3S2. The van der Waals surface area contributed by atoms with E-state index in [-0.39, 0.29) is 0 Å². The van der Waals surface area contributed by atoms with Gasteiger partial charge in [-0.15, -0.1) is 10.2 Å². The summed E-state index contributed by atoms with van der Waals surface area (Å²) < 4.78 is 16.8. The van der Waals surface area contributed by atoms with E-state index in [4.69, 9.17) is 25.6 Å². The zero-order chi connectivity index (χ0) is 22.3. The Kier molecular flexibility index (Phi) is 7.46. The Bertz CT molecular complexity index is 1180. The third kappa shape index (κ3) is 5.70. The predicted molar refractivity (Wildman–Crippen MR) is 126 cm³/mol. The van der Waals surface area contributed by atoms with Crippen molar-refractivity contribution in [3.8, 4) is 22.9 Å². The minimum Gasteiger partial charge on any atom is -0.493 e. The van der Waals surface area contributed by atoms with Crippen LogP contribution in [0.5, 0.6) is 11.5 Å². The number of hydrogen-bond donors (Lipinski definition) is 1. The first-order valence-electron chi connectivity index (χ1n) is 9.64. The highest BCUT2D eigenvalue weighted by atomic mass is 35.5. The molecule has 0 bridgehead atoms. The number of benzene rings is 2. The number of halogens is 1. The second kappa shape index (κ2) is 10.7. The fourth-order valence-corrected chi connectivity index (χ4v) is 4.68. The molecule has 0 saturated carbocycles. The molecule has 0 saturated heterocycles. The first-order valence-corrected chi connectivity index (χ1v) is 11.8. The van der Waals surface area contributed by atoms with Crippen molar-refractivity contribution in [3.63, 3.8) is 0 Å². The molecule has 0 atom stereocenters. The van der Waals surface area contributed by atoms with Crippen LogP contribution >= 0.6 is 34.7 Å². The highest BCUT2D eigenvalue weighted by Gasteiger charge is 2.12. The zero-order valence-electron chi connectivity index (χ0n) is 17.4. The summed E-state index contributed by atoms with van der Waals surface area (Å²) >= 11 is 9.00. The van der Waals surface area contributed by atoms with Gasteiger partial charge >= 0.3 is 0 Å². The van der Waals surface area contributed by atoms with Gasteiger partial charge in [0.1, 0.15) is 0 Å². The van der Waals surface area contributed by atoms with Gasteiger partial charge in [-0.1, -0.05) is 58.1 Å². The van der Waals surface area contributed by atoms with Crippen molar-refractivity contribution in [2.75, 3.05) is 26.1 Å². The molecule has 2 heterocycles. The zero-order valence-corrected chi connectivity index (χ0v) is 19.8. The monoisotopic (exact) mass is 489 g/mol. The summed E-state index contributed by atoms with van der Waals surface area (Å²) in [4.78, 5) is 4.42. The lowest BCUT2D eigenvalue weighted by Crippen LogP contribution is -2.04. The normalized spacial score (nSPS) is 10.8. The topological polar surface area (TPSA) is 95.2 Å². The van der Waals surface area contributed by atoms with Gasteiger partial charge in [-0.25, -0.2) is 0 Å². The number of ether oxygens (including phenoxy) is 2. The van der Waals surface area contributed by atoms with Crippen LogP contribution in [0.4, 0.5) is 5.13 Å². The molecule has 0 unspecified atom stereocenters. The number of methoxy groups -OCH3 is 2. The van der Waals surface area contributed by atoms with Gasteiger partial charge in [0.25, 0.3) is 0 Å². The van der Waals surface area contributed by atoms with Crippen LogP contribution in [-0.4, -0.2) is 41.1 Å². The van der Waals surface area contributed by atoms with Gasteiger partial charge in [-0.2, -0.15) is 4.98 Å². The van der Waals surface area contributed by atoms with Crippen LogP contribution in [0.2, 0.25) is 5.02 Å². The fourth-order valence-electron chi connectivity index (χ4n) is 2.87. The van der Waals surface area contributed by atoms with E-state index in [9.17, 15) is 0 Å². The third-order valence-electron chi connectivity index (χ3n) is 4.41. The smallest absolute Gasteiger partial charge is 0.237 e. The standard InChI is InChI=1S/C21H20ClN5O3S2/c1-28-16-7-6-13(10-17(16)29-2)8-9-23-20-25-26-21(32-20)31-12-18-24-19(27-30-18)14-4-3-5-15(22)11-14/h3-7,10-11H,8-9,12H2,1-2H3,(H,23,25). The summed E-state index contributed by atoms with van der Waals surface area (Å²) in [6.45, 7) is 0.724. The molecule has 4 rings (SSSR count). The molecule has 2 aromatic carbocycles. The van der Waals surface area contributed by atoms with Crippen LogP contribution in [-0.2, 0) is 12.2 Å². The third-order valence-corrected chi connectivity index (χ3v) is 6.65. The summed E-state index contributed by atoms with van der Waals surface area (Å²) in [6, 6.07) is 13.2. The molecular weight excluding hydrogens is 470 g/mol. The first kappa shape index (κ1) is 22.4. The van der Waals surface area contributed by atoms with Gasteiger partial charge in [0.05, 0.1) is 20.0 Å². The SMILES string of the molecule is COc1ccc(CCNc2nnc(SCc3nc(-c4cccc(Cl)c4)no3)s2)cc1OC. The van der Waals surface area contributed by atoms with Crippen LogP contribution in [0, 0.1) is 0 Å². The lowest BCUT2D eigenvalue weighted by atomic mass is 10.1. The Labute approximate surface area is 198 Å². The fraction of sp³-hybridized carbons (Fsp3) is 0.238. The molecule has 0 fully saturated rings. The molecule has 32 heavy (non-hydrogen) atoms. The second-order valence-corrected chi connectivity index (χ2v) is 9.19. The van der Waals surface area contributed by atoms with E-state index in [0.29, 0.717) is 22.5 Å². The summed E-state index contributed by atoms with van der Waals surface area (Å²) in [6.07, 6.45) is 0.816. The van der Waals surface area contributed by atoms with Crippen LogP contribution in [0.25, 0.3) is 11.4 Å². The van der Waals surface area contributed by atoms with Gasteiger partial charge in [0.15, 0.2) is 15.8 Å². The van der Waals surface area contributed by atoms with Crippen LogP contribution in [0.15, 0.2) is 51.3 Å². The summed E-state index contributed by atoms with van der Waals surface area (Å²) in [7, 11) is 3.26. The number of nitrogens with zero attached hydrogens (tertiary/aromatic N) is 4. The minimum atomic E-state index is 0.508. The Morgan fingerprint density at radius 2 is 1.97 bits per heavy atom. The van der Waals surface area contributed by atoms with Crippen LogP contribution < -0.4 is 14.8 Å². The molecule has 0 spiro atoms. The quantitative estimate of drug-likeness (QED) is 0.301. The molecule has 1 N–H and O–H groups in total. The largest absolute Gasteiger partial charge is 0.493 e. The van der Waals surface area contributed by atoms with Crippen molar-refractivity contribution < 1.29 is 14.0 Å². The van der Waals surface area contributed by atoms with Gasteiger partial charge < -0.3 is 19.3 Å². The van der Waals surface area contributed by atoms with Crippen LogP contribution in [0.1, 0.15) is 11.5 Å². The van der Waals surface area contributed by atoms with E-state index >= 15 is 0 Å². The number of rotatable bonds is 10. The Hall–Kier alpha value is -2.82. The Balaban J connectivity index is 1.27. The van der Waals surface area contributed by atoms with E-state index < -0.39 is 0 Å². The first-order chi connectivity index (χ1) is 15.6. The average Bonchev–Trinajstić information content (AvgIpc) is 3.47. The molecule has 0 aliphatic carbocycles. The van der Waals surface area contributed by atoms with Crippen molar-refractivity contribution in [1.82, 2.24) is 20.3 Å². The van der Waals surface area contributed by atoms with Crippen molar-refractivity contribution in [3.05, 3.63) is 58.9 Å². The lowest BCUT2D eigenvalue weighted by Gasteiger charge is -2.09. The number of hydrogen-bond acceptors (Lipinski definition) is 10. The number of aromatic nitrogens is 4. The van der Waals surface area contributed by atoms with Crippen molar-refractivity contribution in [1.29, 1.82) is 0 Å². The van der Waals surface area contributed by atoms with Crippen molar-refractivity contribution >= 4 is 39.8 Å². The number of nitrogens with one attached hydrogen (secondary N) is 1. The van der Waals surface area contributed by atoms with Gasteiger partial charge in [-0.05, 0) is 36.2 Å². The highest BCUT2D eigenvalue weighted by Crippen LogP contribution is 2.30. The van der Waals surface area contributed by atoms with Crippen molar-refractivity contribution in [2.45, 2.75) is 16.5 Å². The average molecular weight is 490 g/mol. The molecule has 166 valence electrons. The molecule has 2 aromatic heterocycles. The molecule has 0 aliphatic rings. The Morgan fingerprint density at radius 3 is 2.78 bits per heavy atom. The summed E-state index contributed by atoms with van der Waals surface area (Å²) in [5, 5.41) is 17.1.